The zero-order valence-electron chi connectivity index (χ0n) is 14.4. The molecule has 0 aromatic carbocycles. The molecule has 7 nitrogen and oxygen atoms in total. The van der Waals surface area contributed by atoms with Crippen LogP contribution in [0.25, 0.3) is 10.4 Å². The first kappa shape index (κ1) is 17.6. The van der Waals surface area contributed by atoms with Crippen molar-refractivity contribution >= 4 is 22.5 Å². The average molecular weight is 362 g/mol. The molecular weight excluding hydrogens is 340 g/mol. The molecule has 2 N–H and O–H groups in total. The second-order valence-corrected chi connectivity index (χ2v) is 6.92. The lowest BCUT2D eigenvalue weighted by molar-refractivity contribution is 0.127. The van der Waals surface area contributed by atoms with Crippen molar-refractivity contribution in [3.8, 4) is 16.3 Å². The molecule has 1 aliphatic rings. The Kier molecular flexibility index (Phi) is 5.83. The fraction of sp³-hybridized carbons (Fsp3) is 0.471. The van der Waals surface area contributed by atoms with E-state index in [0.717, 1.165) is 28.7 Å². The zero-order chi connectivity index (χ0) is 17.6. The number of thiazole rings is 1. The van der Waals surface area contributed by atoms with Gasteiger partial charge in [0.1, 0.15) is 0 Å². The van der Waals surface area contributed by atoms with E-state index in [1.165, 1.54) is 24.2 Å². The van der Waals surface area contributed by atoms with Gasteiger partial charge in [-0.1, -0.05) is 11.3 Å². The molecule has 0 saturated heterocycles. The van der Waals surface area contributed by atoms with Crippen LogP contribution in [0.4, 0.5) is 9.93 Å². The molecule has 2 amide bonds. The van der Waals surface area contributed by atoms with Gasteiger partial charge in [0.2, 0.25) is 5.88 Å². The predicted octanol–water partition coefficient (Wildman–Crippen LogP) is 3.07. The molecule has 134 valence electrons. The van der Waals surface area contributed by atoms with Crippen molar-refractivity contribution < 1.29 is 14.3 Å². The molecule has 2 heterocycles. The summed E-state index contributed by atoms with van der Waals surface area (Å²) in [6, 6.07) is 3.47. The second-order valence-electron chi connectivity index (χ2n) is 5.92. The largest absolute Gasteiger partial charge is 0.481 e. The van der Waals surface area contributed by atoms with Crippen LogP contribution in [-0.4, -0.2) is 42.9 Å². The number of carbonyl (C=O) groups is 1. The Morgan fingerprint density at radius 2 is 2.28 bits per heavy atom. The monoisotopic (exact) mass is 362 g/mol. The highest BCUT2D eigenvalue weighted by atomic mass is 32.1. The molecule has 0 radical (unpaired) electrons. The van der Waals surface area contributed by atoms with Crippen molar-refractivity contribution in [2.45, 2.75) is 19.8 Å². The SMILES string of the molecule is COc1cc(-c2sc(NC(=O)NCCOCC3CC3)nc2C)ccn1. The van der Waals surface area contributed by atoms with E-state index in [9.17, 15) is 4.79 Å². The average Bonchev–Trinajstić information content (AvgIpc) is 3.36. The number of carbonyl (C=O) groups excluding carboxylic acids is 1. The molecule has 1 fully saturated rings. The lowest BCUT2D eigenvalue weighted by Crippen LogP contribution is -2.31. The fourth-order valence-electron chi connectivity index (χ4n) is 2.29. The number of nitrogens with one attached hydrogen (secondary N) is 2. The number of hydrogen-bond acceptors (Lipinski definition) is 6. The van der Waals surface area contributed by atoms with Gasteiger partial charge in [0.05, 0.1) is 24.3 Å². The van der Waals surface area contributed by atoms with Crippen molar-refractivity contribution in [3.63, 3.8) is 0 Å². The minimum Gasteiger partial charge on any atom is -0.481 e. The van der Waals surface area contributed by atoms with Crippen LogP contribution < -0.4 is 15.4 Å². The number of rotatable bonds is 8. The van der Waals surface area contributed by atoms with Gasteiger partial charge in [-0.15, -0.1) is 0 Å². The van der Waals surface area contributed by atoms with Crippen LogP contribution in [-0.2, 0) is 4.74 Å². The van der Waals surface area contributed by atoms with Crippen LogP contribution in [0, 0.1) is 12.8 Å². The van der Waals surface area contributed by atoms with E-state index in [1.54, 1.807) is 13.3 Å². The number of aryl methyl sites for hydroxylation is 1. The molecule has 0 unspecified atom stereocenters. The van der Waals surface area contributed by atoms with Gasteiger partial charge in [0, 0.05) is 31.0 Å². The summed E-state index contributed by atoms with van der Waals surface area (Å²) in [7, 11) is 1.58. The predicted molar refractivity (Wildman–Crippen MR) is 97.2 cm³/mol. The summed E-state index contributed by atoms with van der Waals surface area (Å²) < 4.78 is 10.6. The molecule has 1 saturated carbocycles. The molecule has 2 aromatic rings. The molecule has 0 spiro atoms. The summed E-state index contributed by atoms with van der Waals surface area (Å²) in [5.41, 5.74) is 1.81. The van der Waals surface area contributed by atoms with Crippen molar-refractivity contribution in [3.05, 3.63) is 24.0 Å². The maximum absolute atomic E-state index is 11.9. The zero-order valence-corrected chi connectivity index (χ0v) is 15.2. The molecule has 0 atom stereocenters. The second kappa shape index (κ2) is 8.26. The van der Waals surface area contributed by atoms with Crippen LogP contribution in [0.2, 0.25) is 0 Å². The molecular formula is C17H22N4O3S. The standard InChI is InChI=1S/C17H22N4O3S/c1-11-15(13-5-6-18-14(9-13)23-2)25-17(20-11)21-16(22)19-7-8-24-10-12-3-4-12/h5-6,9,12H,3-4,7-8,10H2,1-2H3,(H2,19,20,21,22). The number of anilines is 1. The third-order valence-electron chi connectivity index (χ3n) is 3.81. The maximum atomic E-state index is 11.9. The Labute approximate surface area is 150 Å². The number of nitrogens with zero attached hydrogens (tertiary/aromatic N) is 2. The summed E-state index contributed by atoms with van der Waals surface area (Å²) in [5, 5.41) is 6.10. The number of urea groups is 1. The summed E-state index contributed by atoms with van der Waals surface area (Å²) in [6.45, 7) is 3.72. The minimum atomic E-state index is -0.275. The minimum absolute atomic E-state index is 0.275. The molecule has 25 heavy (non-hydrogen) atoms. The number of ether oxygens (including phenoxy) is 2. The summed E-state index contributed by atoms with van der Waals surface area (Å²) in [6.07, 6.45) is 4.22. The van der Waals surface area contributed by atoms with Crippen molar-refractivity contribution in [1.82, 2.24) is 15.3 Å². The van der Waals surface area contributed by atoms with Gasteiger partial charge in [0.25, 0.3) is 0 Å². The Bertz CT molecular complexity index is 730. The van der Waals surface area contributed by atoms with Gasteiger partial charge in [-0.25, -0.2) is 14.8 Å². The van der Waals surface area contributed by atoms with E-state index < -0.39 is 0 Å². The van der Waals surface area contributed by atoms with E-state index in [4.69, 9.17) is 9.47 Å². The van der Waals surface area contributed by atoms with Gasteiger partial charge in [-0.2, -0.15) is 0 Å². The van der Waals surface area contributed by atoms with Crippen molar-refractivity contribution in [2.75, 3.05) is 32.2 Å². The maximum Gasteiger partial charge on any atom is 0.321 e. The summed E-state index contributed by atoms with van der Waals surface area (Å²) in [5.74, 6) is 1.28. The van der Waals surface area contributed by atoms with Crippen molar-refractivity contribution in [1.29, 1.82) is 0 Å². The number of hydrogen-bond donors (Lipinski definition) is 2. The van der Waals surface area contributed by atoms with Gasteiger partial charge in [-0.3, -0.25) is 5.32 Å². The van der Waals surface area contributed by atoms with E-state index in [0.29, 0.717) is 24.2 Å². The Hall–Kier alpha value is -2.19. The van der Waals surface area contributed by atoms with Gasteiger partial charge in [0.15, 0.2) is 5.13 Å². The summed E-state index contributed by atoms with van der Waals surface area (Å²) >= 11 is 1.42. The first-order valence-electron chi connectivity index (χ1n) is 8.26. The van der Waals surface area contributed by atoms with Crippen LogP contribution in [0.1, 0.15) is 18.5 Å². The van der Waals surface area contributed by atoms with Gasteiger partial charge >= 0.3 is 6.03 Å². The quantitative estimate of drug-likeness (QED) is 0.705. The Morgan fingerprint density at radius 3 is 3.04 bits per heavy atom. The van der Waals surface area contributed by atoms with E-state index in [1.807, 2.05) is 19.1 Å². The highest BCUT2D eigenvalue weighted by Crippen LogP contribution is 2.33. The lowest BCUT2D eigenvalue weighted by Gasteiger charge is -2.06. The lowest BCUT2D eigenvalue weighted by atomic mass is 10.2. The van der Waals surface area contributed by atoms with Crippen LogP contribution >= 0.6 is 11.3 Å². The Balaban J connectivity index is 1.51. The van der Waals surface area contributed by atoms with E-state index in [-0.39, 0.29) is 6.03 Å². The van der Waals surface area contributed by atoms with Crippen LogP contribution in [0.5, 0.6) is 5.88 Å². The normalized spacial score (nSPS) is 13.5. The molecule has 8 heteroatoms. The van der Waals surface area contributed by atoms with Crippen LogP contribution in [0.3, 0.4) is 0 Å². The van der Waals surface area contributed by atoms with E-state index >= 15 is 0 Å². The topological polar surface area (TPSA) is 85.4 Å². The number of pyridine rings is 1. The van der Waals surface area contributed by atoms with Crippen molar-refractivity contribution in [2.24, 2.45) is 5.92 Å². The first-order chi connectivity index (χ1) is 12.2. The molecule has 0 bridgehead atoms. The number of methoxy groups -OCH3 is 1. The molecule has 0 aliphatic heterocycles. The highest BCUT2D eigenvalue weighted by molar-refractivity contribution is 7.19. The Morgan fingerprint density at radius 1 is 1.44 bits per heavy atom. The van der Waals surface area contributed by atoms with E-state index in [2.05, 4.69) is 20.6 Å². The highest BCUT2D eigenvalue weighted by Gasteiger charge is 2.20. The first-order valence-corrected chi connectivity index (χ1v) is 9.08. The molecule has 3 rings (SSSR count). The smallest absolute Gasteiger partial charge is 0.321 e. The number of aromatic nitrogens is 2. The third-order valence-corrected chi connectivity index (χ3v) is 4.93. The van der Waals surface area contributed by atoms with Crippen LogP contribution in [0.15, 0.2) is 18.3 Å². The fourth-order valence-corrected chi connectivity index (χ4v) is 3.25. The van der Waals surface area contributed by atoms with Gasteiger partial charge in [-0.05, 0) is 31.7 Å². The van der Waals surface area contributed by atoms with Gasteiger partial charge < -0.3 is 14.8 Å². The number of amides is 2. The third kappa shape index (κ3) is 5.14. The summed E-state index contributed by atoms with van der Waals surface area (Å²) in [4.78, 5) is 21.4. The molecule has 1 aliphatic carbocycles. The molecule has 2 aromatic heterocycles.